The maximum atomic E-state index is 10.3. The van der Waals surface area contributed by atoms with Crippen LogP contribution in [0.3, 0.4) is 0 Å². The van der Waals surface area contributed by atoms with Crippen LogP contribution in [0.4, 0.5) is 0 Å². The molecule has 3 rings (SSSR count). The van der Waals surface area contributed by atoms with E-state index in [0.29, 0.717) is 28.3 Å². The highest BCUT2D eigenvalue weighted by Gasteiger charge is 2.11. The van der Waals surface area contributed by atoms with Gasteiger partial charge in [-0.05, 0) is 42.4 Å². The van der Waals surface area contributed by atoms with Crippen molar-refractivity contribution in [2.75, 3.05) is 0 Å². The van der Waals surface area contributed by atoms with Crippen LogP contribution in [-0.2, 0) is 6.42 Å². The smallest absolute Gasteiger partial charge is 0.219 e. The quantitative estimate of drug-likeness (QED) is 0.427. The molecule has 23 heavy (non-hydrogen) atoms. The number of nitrogens with zero attached hydrogens (tertiary/aromatic N) is 3. The van der Waals surface area contributed by atoms with Gasteiger partial charge in [0.25, 0.3) is 0 Å². The lowest BCUT2D eigenvalue weighted by Crippen LogP contribution is -1.95. The SMILES string of the molecule is C=CCc1cccc(/C=N/n2c(-c3ccco3)n[nH]c2=S)c1O. The number of phenols is 1. The van der Waals surface area contributed by atoms with E-state index >= 15 is 0 Å². The largest absolute Gasteiger partial charge is 0.507 e. The van der Waals surface area contributed by atoms with Gasteiger partial charge in [-0.1, -0.05) is 18.2 Å². The van der Waals surface area contributed by atoms with Crippen LogP contribution in [0.15, 0.2) is 58.8 Å². The van der Waals surface area contributed by atoms with E-state index in [1.165, 1.54) is 10.9 Å². The van der Waals surface area contributed by atoms with Crippen LogP contribution in [0.1, 0.15) is 11.1 Å². The minimum Gasteiger partial charge on any atom is -0.507 e. The van der Waals surface area contributed by atoms with Gasteiger partial charge in [-0.15, -0.1) is 11.7 Å². The molecule has 0 saturated carbocycles. The molecule has 0 atom stereocenters. The number of furan rings is 1. The first-order valence-electron chi connectivity index (χ1n) is 6.88. The minimum atomic E-state index is 0.172. The average molecular weight is 326 g/mol. The zero-order valence-corrected chi connectivity index (χ0v) is 13.0. The molecule has 0 aliphatic heterocycles. The molecular weight excluding hydrogens is 312 g/mol. The molecule has 0 aliphatic carbocycles. The number of nitrogens with one attached hydrogen (secondary N) is 1. The van der Waals surface area contributed by atoms with Crippen molar-refractivity contribution in [1.82, 2.24) is 14.9 Å². The van der Waals surface area contributed by atoms with E-state index in [-0.39, 0.29) is 5.75 Å². The Balaban J connectivity index is 1.99. The van der Waals surface area contributed by atoms with Crippen molar-refractivity contribution in [2.24, 2.45) is 5.10 Å². The van der Waals surface area contributed by atoms with Crippen LogP contribution in [0.2, 0.25) is 0 Å². The molecule has 0 radical (unpaired) electrons. The summed E-state index contributed by atoms with van der Waals surface area (Å²) in [6.07, 6.45) is 5.39. The van der Waals surface area contributed by atoms with Crippen LogP contribution in [0.25, 0.3) is 11.6 Å². The second kappa shape index (κ2) is 6.45. The van der Waals surface area contributed by atoms with Gasteiger partial charge < -0.3 is 9.52 Å². The summed E-state index contributed by atoms with van der Waals surface area (Å²) in [5.74, 6) is 1.17. The molecule has 2 heterocycles. The van der Waals surface area contributed by atoms with Crippen LogP contribution < -0.4 is 0 Å². The lowest BCUT2D eigenvalue weighted by atomic mass is 10.1. The summed E-state index contributed by atoms with van der Waals surface area (Å²) >= 11 is 5.18. The minimum absolute atomic E-state index is 0.172. The third-order valence-corrected chi connectivity index (χ3v) is 3.48. The molecule has 7 heteroatoms. The number of allylic oxidation sites excluding steroid dienone is 1. The number of aromatic hydroxyl groups is 1. The first-order chi connectivity index (χ1) is 11.2. The van der Waals surface area contributed by atoms with Crippen molar-refractivity contribution in [3.05, 3.63) is 65.1 Å². The fourth-order valence-corrected chi connectivity index (χ4v) is 2.30. The highest BCUT2D eigenvalue weighted by molar-refractivity contribution is 7.71. The van der Waals surface area contributed by atoms with Crippen LogP contribution in [-0.4, -0.2) is 26.2 Å². The predicted octanol–water partition coefficient (Wildman–Crippen LogP) is 3.52. The fraction of sp³-hybridized carbons (Fsp3) is 0.0625. The van der Waals surface area contributed by atoms with E-state index < -0.39 is 0 Å². The number of hydrogen-bond acceptors (Lipinski definition) is 5. The molecule has 0 spiro atoms. The third-order valence-electron chi connectivity index (χ3n) is 3.22. The molecule has 0 bridgehead atoms. The first-order valence-corrected chi connectivity index (χ1v) is 7.29. The van der Waals surface area contributed by atoms with Crippen molar-refractivity contribution in [2.45, 2.75) is 6.42 Å². The number of aromatic nitrogens is 3. The average Bonchev–Trinajstić information content (AvgIpc) is 3.18. The highest BCUT2D eigenvalue weighted by Crippen LogP contribution is 2.22. The summed E-state index contributed by atoms with van der Waals surface area (Å²) in [6, 6.07) is 8.97. The standard InChI is InChI=1S/C16H14N4O2S/c1-2-5-11-6-3-7-12(14(11)21)10-17-20-15(18-19-16(20)23)13-8-4-9-22-13/h2-4,6-10,21H,1,5H2,(H,19,23)/b17-10+. The van der Waals surface area contributed by atoms with E-state index in [0.717, 1.165) is 5.56 Å². The number of para-hydroxylation sites is 1. The molecule has 0 aliphatic rings. The number of benzene rings is 1. The number of H-pyrrole nitrogens is 1. The van der Waals surface area contributed by atoms with Gasteiger partial charge in [0.05, 0.1) is 12.5 Å². The van der Waals surface area contributed by atoms with Crippen molar-refractivity contribution in [3.63, 3.8) is 0 Å². The zero-order valence-electron chi connectivity index (χ0n) is 12.1. The molecule has 3 aromatic rings. The highest BCUT2D eigenvalue weighted by atomic mass is 32.1. The molecule has 0 amide bonds. The van der Waals surface area contributed by atoms with E-state index in [2.05, 4.69) is 21.9 Å². The molecule has 0 saturated heterocycles. The Hall–Kier alpha value is -2.93. The van der Waals surface area contributed by atoms with Gasteiger partial charge in [0, 0.05) is 5.56 Å². The zero-order chi connectivity index (χ0) is 16.2. The second-order valence-electron chi connectivity index (χ2n) is 4.73. The maximum absolute atomic E-state index is 10.3. The molecule has 116 valence electrons. The van der Waals surface area contributed by atoms with E-state index in [1.54, 1.807) is 30.5 Å². The Bertz CT molecular complexity index is 907. The monoisotopic (exact) mass is 326 g/mol. The third kappa shape index (κ3) is 3.00. The summed E-state index contributed by atoms with van der Waals surface area (Å²) in [6.45, 7) is 3.68. The lowest BCUT2D eigenvalue weighted by Gasteiger charge is -2.04. The van der Waals surface area contributed by atoms with Crippen molar-refractivity contribution >= 4 is 18.4 Å². The fourth-order valence-electron chi connectivity index (χ4n) is 2.12. The molecule has 0 fully saturated rings. The molecular formula is C16H14N4O2S. The number of phenolic OH excluding ortho intramolecular Hbond substituents is 1. The van der Waals surface area contributed by atoms with Crippen molar-refractivity contribution < 1.29 is 9.52 Å². The van der Waals surface area contributed by atoms with Crippen LogP contribution >= 0.6 is 12.2 Å². The van der Waals surface area contributed by atoms with Crippen LogP contribution in [0.5, 0.6) is 5.75 Å². The van der Waals surface area contributed by atoms with Gasteiger partial charge in [0.2, 0.25) is 10.6 Å². The topological polar surface area (TPSA) is 79.3 Å². The van der Waals surface area contributed by atoms with Gasteiger partial charge in [-0.2, -0.15) is 9.78 Å². The van der Waals surface area contributed by atoms with Gasteiger partial charge in [-0.3, -0.25) is 0 Å². The second-order valence-corrected chi connectivity index (χ2v) is 5.12. The van der Waals surface area contributed by atoms with Gasteiger partial charge in [-0.25, -0.2) is 5.10 Å². The Kier molecular flexibility index (Phi) is 4.20. The van der Waals surface area contributed by atoms with Gasteiger partial charge >= 0.3 is 0 Å². The van der Waals surface area contributed by atoms with E-state index in [9.17, 15) is 5.11 Å². The Morgan fingerprint density at radius 2 is 2.26 bits per heavy atom. The van der Waals surface area contributed by atoms with Crippen molar-refractivity contribution in [3.8, 4) is 17.3 Å². The normalized spacial score (nSPS) is 11.1. The Morgan fingerprint density at radius 1 is 1.39 bits per heavy atom. The molecule has 6 nitrogen and oxygen atoms in total. The van der Waals surface area contributed by atoms with Crippen molar-refractivity contribution in [1.29, 1.82) is 0 Å². The van der Waals surface area contributed by atoms with E-state index in [1.807, 2.05) is 12.1 Å². The summed E-state index contributed by atoms with van der Waals surface area (Å²) in [5.41, 5.74) is 1.36. The summed E-state index contributed by atoms with van der Waals surface area (Å²) in [4.78, 5) is 0. The molecule has 2 aromatic heterocycles. The number of rotatable bonds is 5. The van der Waals surface area contributed by atoms with Gasteiger partial charge in [0.1, 0.15) is 5.75 Å². The number of hydrogen-bond donors (Lipinski definition) is 2. The Labute approximate surface area is 137 Å². The molecule has 1 aromatic carbocycles. The maximum Gasteiger partial charge on any atom is 0.219 e. The Morgan fingerprint density at radius 3 is 3.00 bits per heavy atom. The number of aromatic amines is 1. The first kappa shape index (κ1) is 15.0. The van der Waals surface area contributed by atoms with E-state index in [4.69, 9.17) is 16.6 Å². The summed E-state index contributed by atoms with van der Waals surface area (Å²) < 4.78 is 7.08. The summed E-state index contributed by atoms with van der Waals surface area (Å²) in [5, 5.41) is 21.3. The lowest BCUT2D eigenvalue weighted by molar-refractivity contribution is 0.469. The molecule has 0 unspecified atom stereocenters. The molecule has 2 N–H and O–H groups in total. The predicted molar refractivity (Wildman–Crippen MR) is 90.1 cm³/mol. The summed E-state index contributed by atoms with van der Waals surface area (Å²) in [7, 11) is 0. The van der Waals surface area contributed by atoms with Crippen LogP contribution in [0, 0.1) is 4.77 Å². The van der Waals surface area contributed by atoms with Gasteiger partial charge in [0.15, 0.2) is 5.76 Å².